The fourth-order valence-electron chi connectivity index (χ4n) is 8.86. The highest BCUT2D eigenvalue weighted by Crippen LogP contribution is 2.41. The van der Waals surface area contributed by atoms with Crippen LogP contribution in [0.5, 0.6) is 0 Å². The van der Waals surface area contributed by atoms with Crippen molar-refractivity contribution in [3.8, 4) is 50.2 Å². The molecule has 0 amide bonds. The van der Waals surface area contributed by atoms with Crippen LogP contribution in [-0.4, -0.2) is 4.57 Å². The number of para-hydroxylation sites is 3. The number of nitrogens with zero attached hydrogens (tertiary/aromatic N) is 1. The molecule has 0 fully saturated rings. The summed E-state index contributed by atoms with van der Waals surface area (Å²) in [5.74, 6) is 0. The summed E-state index contributed by atoms with van der Waals surface area (Å²) in [7, 11) is 0. The smallest absolute Gasteiger partial charge is 0.135 e. The summed E-state index contributed by atoms with van der Waals surface area (Å²) in [6, 6.07) is 71.8. The van der Waals surface area contributed by atoms with Crippen molar-refractivity contribution in [3.63, 3.8) is 0 Å². The van der Waals surface area contributed by atoms with Gasteiger partial charge in [-0.25, -0.2) is 0 Å². The third kappa shape index (κ3) is 5.06. The van der Waals surface area contributed by atoms with E-state index in [2.05, 4.69) is 180 Å². The zero-order valence-corrected chi connectivity index (χ0v) is 30.8. The first-order chi connectivity index (χ1) is 28.2. The normalized spacial score (nSPS) is 11.9. The van der Waals surface area contributed by atoms with Crippen LogP contribution in [0.3, 0.4) is 0 Å². The zero-order valence-electron chi connectivity index (χ0n) is 30.8. The molecule has 0 radical (unpaired) electrons. The molecule has 0 spiro atoms. The minimum Gasteiger partial charge on any atom is -0.456 e. The summed E-state index contributed by atoms with van der Waals surface area (Å²) >= 11 is 0. The lowest BCUT2D eigenvalue weighted by Gasteiger charge is -2.16. The first-order valence-corrected chi connectivity index (χ1v) is 19.4. The van der Waals surface area contributed by atoms with Crippen LogP contribution in [0.4, 0.5) is 0 Å². The Balaban J connectivity index is 0.988. The topological polar surface area (TPSA) is 31.2 Å². The van der Waals surface area contributed by atoms with Crippen LogP contribution < -0.4 is 0 Å². The van der Waals surface area contributed by atoms with E-state index >= 15 is 0 Å². The van der Waals surface area contributed by atoms with E-state index in [1.54, 1.807) is 0 Å². The molecule has 0 N–H and O–H groups in total. The van der Waals surface area contributed by atoms with Crippen LogP contribution >= 0.6 is 0 Å². The van der Waals surface area contributed by atoms with Crippen LogP contribution in [0.15, 0.2) is 209 Å². The molecule has 0 saturated heterocycles. The molecular weight excluding hydrogens is 695 g/mol. The minimum absolute atomic E-state index is 0.909. The van der Waals surface area contributed by atoms with Gasteiger partial charge in [-0.2, -0.15) is 0 Å². The third-order valence-corrected chi connectivity index (χ3v) is 11.6. The molecule has 3 heteroatoms. The Bertz CT molecular complexity index is 3510. The highest BCUT2D eigenvalue weighted by Gasteiger charge is 2.17. The lowest BCUT2D eigenvalue weighted by Crippen LogP contribution is -1.96. The van der Waals surface area contributed by atoms with Crippen molar-refractivity contribution in [2.45, 2.75) is 0 Å². The molecule has 266 valence electrons. The van der Waals surface area contributed by atoms with E-state index < -0.39 is 0 Å². The Morgan fingerprint density at radius 1 is 0.263 bits per heavy atom. The molecule has 0 aliphatic rings. The van der Waals surface area contributed by atoms with Crippen molar-refractivity contribution in [1.29, 1.82) is 0 Å². The third-order valence-electron chi connectivity index (χ3n) is 11.6. The van der Waals surface area contributed by atoms with Crippen molar-refractivity contribution in [2.24, 2.45) is 0 Å². The van der Waals surface area contributed by atoms with E-state index in [0.29, 0.717) is 0 Å². The number of hydrogen-bond donors (Lipinski definition) is 0. The van der Waals surface area contributed by atoms with E-state index in [-0.39, 0.29) is 0 Å². The molecule has 12 aromatic rings. The van der Waals surface area contributed by atoms with Gasteiger partial charge in [0, 0.05) is 38.0 Å². The fourth-order valence-corrected chi connectivity index (χ4v) is 8.86. The second kappa shape index (κ2) is 12.5. The average molecular weight is 728 g/mol. The van der Waals surface area contributed by atoms with Crippen LogP contribution in [0.2, 0.25) is 0 Å². The van der Waals surface area contributed by atoms with E-state index in [4.69, 9.17) is 8.83 Å². The molecule has 57 heavy (non-hydrogen) atoms. The van der Waals surface area contributed by atoms with Crippen LogP contribution in [0, 0.1) is 0 Å². The number of fused-ring (bicyclic) bond motifs is 9. The molecule has 0 bridgehead atoms. The standard InChI is InChI=1S/C54H33NO2/c1-2-10-35(11-3-1)41-26-25-40(33-45(41)36-20-18-34(19-21-36)37-23-28-53-47(31-37)43-13-5-8-16-51(43)56-53)55-49-15-7-4-12-42(49)46-30-38(22-27-50(46)55)39-24-29-54-48(32-39)44-14-6-9-17-52(44)57-54/h1-33H. The first kappa shape index (κ1) is 31.7. The van der Waals surface area contributed by atoms with Crippen molar-refractivity contribution < 1.29 is 8.83 Å². The Kier molecular flexibility index (Phi) is 6.93. The summed E-state index contributed by atoms with van der Waals surface area (Å²) in [6.07, 6.45) is 0. The predicted octanol–water partition coefficient (Wildman–Crippen LogP) is 15.3. The maximum Gasteiger partial charge on any atom is 0.135 e. The van der Waals surface area contributed by atoms with E-state index in [9.17, 15) is 0 Å². The molecule has 0 aliphatic carbocycles. The first-order valence-electron chi connectivity index (χ1n) is 19.4. The Morgan fingerprint density at radius 2 is 0.737 bits per heavy atom. The fraction of sp³-hybridized carbons (Fsp3) is 0. The van der Waals surface area contributed by atoms with Gasteiger partial charge in [0.05, 0.1) is 11.0 Å². The van der Waals surface area contributed by atoms with Crippen LogP contribution in [0.1, 0.15) is 0 Å². The van der Waals surface area contributed by atoms with Crippen molar-refractivity contribution in [1.82, 2.24) is 4.57 Å². The van der Waals surface area contributed by atoms with Crippen LogP contribution in [0.25, 0.3) is 116 Å². The van der Waals surface area contributed by atoms with Gasteiger partial charge in [-0.05, 0) is 111 Å². The molecule has 0 saturated carbocycles. The average Bonchev–Trinajstić information content (AvgIpc) is 3.95. The Labute approximate surface area is 328 Å². The molecule has 0 unspecified atom stereocenters. The molecule has 0 aliphatic heterocycles. The zero-order chi connectivity index (χ0) is 37.5. The Hall–Kier alpha value is -7.62. The van der Waals surface area contributed by atoms with Crippen LogP contribution in [-0.2, 0) is 0 Å². The second-order valence-electron chi connectivity index (χ2n) is 14.9. The van der Waals surface area contributed by atoms with Crippen molar-refractivity contribution in [3.05, 3.63) is 200 Å². The molecule has 12 rings (SSSR count). The van der Waals surface area contributed by atoms with Gasteiger partial charge in [0.25, 0.3) is 0 Å². The summed E-state index contributed by atoms with van der Waals surface area (Å²) in [5.41, 5.74) is 16.5. The molecule has 3 aromatic heterocycles. The highest BCUT2D eigenvalue weighted by atomic mass is 16.3. The van der Waals surface area contributed by atoms with Gasteiger partial charge < -0.3 is 13.4 Å². The largest absolute Gasteiger partial charge is 0.456 e. The molecule has 3 nitrogen and oxygen atoms in total. The predicted molar refractivity (Wildman–Crippen MR) is 237 cm³/mol. The molecule has 3 heterocycles. The van der Waals surface area contributed by atoms with Gasteiger partial charge in [-0.3, -0.25) is 0 Å². The number of rotatable bonds is 5. The van der Waals surface area contributed by atoms with Gasteiger partial charge in [0.1, 0.15) is 22.3 Å². The number of aromatic nitrogens is 1. The van der Waals surface area contributed by atoms with Gasteiger partial charge in [-0.15, -0.1) is 0 Å². The lowest BCUT2D eigenvalue weighted by molar-refractivity contribution is 0.668. The van der Waals surface area contributed by atoms with Crippen molar-refractivity contribution in [2.75, 3.05) is 0 Å². The maximum absolute atomic E-state index is 6.15. The summed E-state index contributed by atoms with van der Waals surface area (Å²) in [5, 5.41) is 7.00. The quantitative estimate of drug-likeness (QED) is 0.177. The lowest BCUT2D eigenvalue weighted by atomic mass is 9.92. The van der Waals surface area contributed by atoms with Gasteiger partial charge >= 0.3 is 0 Å². The highest BCUT2D eigenvalue weighted by molar-refractivity contribution is 6.12. The number of furan rings is 2. The Morgan fingerprint density at radius 3 is 1.42 bits per heavy atom. The molecular formula is C54H33NO2. The van der Waals surface area contributed by atoms with Gasteiger partial charge in [0.15, 0.2) is 0 Å². The monoisotopic (exact) mass is 727 g/mol. The van der Waals surface area contributed by atoms with Gasteiger partial charge in [-0.1, -0.05) is 133 Å². The van der Waals surface area contributed by atoms with Gasteiger partial charge in [0.2, 0.25) is 0 Å². The second-order valence-corrected chi connectivity index (χ2v) is 14.9. The number of benzene rings is 9. The summed E-state index contributed by atoms with van der Waals surface area (Å²) in [4.78, 5) is 0. The minimum atomic E-state index is 0.909. The van der Waals surface area contributed by atoms with E-state index in [1.807, 2.05) is 24.3 Å². The molecule has 9 aromatic carbocycles. The maximum atomic E-state index is 6.15. The molecule has 0 atom stereocenters. The summed E-state index contributed by atoms with van der Waals surface area (Å²) < 4.78 is 14.7. The van der Waals surface area contributed by atoms with Crippen molar-refractivity contribution >= 4 is 65.7 Å². The SMILES string of the molecule is c1ccc(-c2ccc(-n3c4ccccc4c4cc(-c5ccc6oc7ccccc7c6c5)ccc43)cc2-c2ccc(-c3ccc4oc5ccccc5c4c3)cc2)cc1. The summed E-state index contributed by atoms with van der Waals surface area (Å²) in [6.45, 7) is 0. The van der Waals surface area contributed by atoms with E-state index in [1.165, 1.54) is 66.3 Å². The van der Waals surface area contributed by atoms with E-state index in [0.717, 1.165) is 49.6 Å². The number of hydrogen-bond acceptors (Lipinski definition) is 2.